The summed E-state index contributed by atoms with van der Waals surface area (Å²) >= 11 is 3.56. The third-order valence-corrected chi connectivity index (χ3v) is 8.54. The van der Waals surface area contributed by atoms with Crippen molar-refractivity contribution in [3.8, 4) is 11.6 Å². The van der Waals surface area contributed by atoms with E-state index in [0.29, 0.717) is 23.9 Å². The number of rotatable bonds is 20. The zero-order valence-corrected chi connectivity index (χ0v) is 28.2. The minimum atomic E-state index is -3.47. The molecule has 0 unspecified atom stereocenters. The van der Waals surface area contributed by atoms with Gasteiger partial charge in [0, 0.05) is 36.5 Å². The van der Waals surface area contributed by atoms with Gasteiger partial charge in [0.15, 0.2) is 11.6 Å². The number of carbonyl (C=O) groups is 1. The van der Waals surface area contributed by atoms with Gasteiger partial charge in [0.2, 0.25) is 0 Å². The molecule has 0 radical (unpaired) electrons. The number of pyridine rings is 1. The van der Waals surface area contributed by atoms with E-state index in [1.54, 1.807) is 47.3 Å². The number of aromatic nitrogens is 5. The number of esters is 1. The molecule has 3 aromatic rings. The van der Waals surface area contributed by atoms with Gasteiger partial charge < -0.3 is 13.8 Å². The highest BCUT2D eigenvalue weighted by Gasteiger charge is 2.29. The van der Waals surface area contributed by atoms with Crippen molar-refractivity contribution in [1.82, 2.24) is 34.3 Å². The Morgan fingerprint density at radius 1 is 0.953 bits per heavy atom. The number of hydrogen-bond acceptors (Lipinski definition) is 12. The first kappa shape index (κ1) is 35.1. The fourth-order valence-corrected chi connectivity index (χ4v) is 6.56. The molecule has 3 aromatic heterocycles. The topological polar surface area (TPSA) is 143 Å². The average molecular weight is 702 g/mol. The summed E-state index contributed by atoms with van der Waals surface area (Å²) < 4.78 is 49.0. The first-order valence-corrected chi connectivity index (χ1v) is 17.2. The molecule has 43 heavy (non-hydrogen) atoms. The van der Waals surface area contributed by atoms with Crippen molar-refractivity contribution in [3.05, 3.63) is 52.5 Å². The molecule has 0 N–H and O–H groups in total. The van der Waals surface area contributed by atoms with Crippen LogP contribution in [0.5, 0.6) is 0 Å². The quantitative estimate of drug-likeness (QED) is 0.0868. The molecule has 0 aromatic carbocycles. The van der Waals surface area contributed by atoms with Crippen molar-refractivity contribution in [1.29, 1.82) is 0 Å². The molecule has 14 nitrogen and oxygen atoms in total. The molecule has 0 fully saturated rings. The Morgan fingerprint density at radius 3 is 2.05 bits per heavy atom. The Morgan fingerprint density at radius 2 is 1.53 bits per heavy atom. The number of hydrogen-bond donors (Lipinski definition) is 0. The summed E-state index contributed by atoms with van der Waals surface area (Å²) in [5.41, 5.74) is 1.42. The van der Waals surface area contributed by atoms with Gasteiger partial charge in [-0.1, -0.05) is 22.9 Å². The third kappa shape index (κ3) is 11.3. The smallest absolute Gasteiger partial charge is 0.344 e. The van der Waals surface area contributed by atoms with Gasteiger partial charge in [-0.2, -0.15) is 10.2 Å². The second-order valence-corrected chi connectivity index (χ2v) is 12.6. The Hall–Kier alpha value is -2.35. The van der Waals surface area contributed by atoms with Gasteiger partial charge in [0.05, 0.1) is 37.8 Å². The highest BCUT2D eigenvalue weighted by Crippen LogP contribution is 2.48. The maximum atomic E-state index is 13.2. The van der Waals surface area contributed by atoms with Crippen LogP contribution in [-0.2, 0) is 45.3 Å². The molecule has 0 spiro atoms. The summed E-state index contributed by atoms with van der Waals surface area (Å²) in [6, 6.07) is 7.35. The predicted molar refractivity (Wildman–Crippen MR) is 163 cm³/mol. The molecule has 0 bridgehead atoms. The summed E-state index contributed by atoms with van der Waals surface area (Å²) in [6.07, 6.45) is 4.40. The first-order valence-electron chi connectivity index (χ1n) is 13.9. The van der Waals surface area contributed by atoms with Gasteiger partial charge in [-0.25, -0.2) is 18.9 Å². The van der Waals surface area contributed by atoms with E-state index in [9.17, 15) is 13.9 Å². The number of nitrogens with zero attached hydrogens (tertiary/aromatic N) is 7. The first-order chi connectivity index (χ1) is 20.7. The van der Waals surface area contributed by atoms with Gasteiger partial charge >= 0.3 is 22.3 Å². The lowest BCUT2D eigenvalue weighted by atomic mass is 10.3. The van der Waals surface area contributed by atoms with Crippen LogP contribution in [0.1, 0.15) is 45.5 Å². The molecule has 0 amide bonds. The molecule has 3 rings (SSSR count). The van der Waals surface area contributed by atoms with E-state index in [-0.39, 0.29) is 54.6 Å². The van der Waals surface area contributed by atoms with E-state index in [2.05, 4.69) is 33.1 Å². The number of ether oxygens (including phenoxy) is 1. The average Bonchev–Trinajstić information content (AvgIpc) is 3.62. The lowest BCUT2D eigenvalue weighted by Gasteiger charge is -2.25. The monoisotopic (exact) mass is 701 g/mol. The maximum absolute atomic E-state index is 13.2. The van der Waals surface area contributed by atoms with E-state index in [1.807, 2.05) is 29.3 Å². The molecule has 0 saturated heterocycles. The molecule has 17 heteroatoms. The van der Waals surface area contributed by atoms with Crippen LogP contribution >= 0.6 is 32.2 Å². The largest absolute Gasteiger partial charge is 0.465 e. The molecule has 0 atom stereocenters. The predicted octanol–water partition coefficient (Wildman–Crippen LogP) is 5.20. The fraction of sp³-hybridized carbons (Fsp3) is 0.538. The molecular weight excluding hydrogens is 664 g/mol. The Balaban J connectivity index is 1.80. The van der Waals surface area contributed by atoms with E-state index in [0.717, 1.165) is 23.1 Å². The summed E-state index contributed by atoms with van der Waals surface area (Å²) in [7, 11) is -3.83. The van der Waals surface area contributed by atoms with Crippen LogP contribution in [0, 0.1) is 0 Å². The fourth-order valence-electron chi connectivity index (χ4n) is 4.22. The van der Waals surface area contributed by atoms with E-state index in [1.165, 1.54) is 0 Å². The van der Waals surface area contributed by atoms with E-state index >= 15 is 0 Å². The number of halogens is 1. The van der Waals surface area contributed by atoms with Crippen molar-refractivity contribution >= 4 is 38.2 Å². The molecule has 3 heterocycles. The van der Waals surface area contributed by atoms with Gasteiger partial charge in [-0.3, -0.25) is 23.7 Å². The van der Waals surface area contributed by atoms with Crippen LogP contribution in [0.25, 0.3) is 11.6 Å². The van der Waals surface area contributed by atoms with Gasteiger partial charge in [-0.15, -0.1) is 0 Å². The van der Waals surface area contributed by atoms with Crippen LogP contribution in [0.15, 0.2) is 41.1 Å². The standard InChI is InChI=1S/C26H38BrN7O7P2/c1-5-11-31(19-39-42-36)16-22-9-12-33(29-22)24-14-21(27)15-25(28-24)34-13-10-23(30-34)17-32(18-26(35)38-6-2)20-43(37,40-7-3)41-8-4/h9-10,12-15H,5-8,11,16-20H2,1-4H3. The summed E-state index contributed by atoms with van der Waals surface area (Å²) in [4.78, 5) is 20.7. The Labute approximate surface area is 261 Å². The lowest BCUT2D eigenvalue weighted by Crippen LogP contribution is -2.32. The summed E-state index contributed by atoms with van der Waals surface area (Å²) in [5.74, 6) is 0.658. The number of carbonyl (C=O) groups excluding carboxylic acids is 1. The van der Waals surface area contributed by atoms with Crippen LogP contribution in [0.3, 0.4) is 0 Å². The van der Waals surface area contributed by atoms with Gasteiger partial charge in [0.25, 0.3) is 0 Å². The molecule has 0 aliphatic rings. The zero-order chi connectivity index (χ0) is 31.2. The molecule has 0 aliphatic heterocycles. The van der Waals surface area contributed by atoms with Gasteiger partial charge in [0.1, 0.15) is 13.0 Å². The molecule has 0 saturated carbocycles. The Kier molecular flexibility index (Phi) is 14.6. The SMILES string of the molecule is CCCN(COP=O)Cc1ccn(-c2cc(Br)cc(-n3ccc(CN(CC(=O)OCC)CP(=O)(OCC)OCC)n3)n2)n1. The third-order valence-electron chi connectivity index (χ3n) is 5.81. The minimum Gasteiger partial charge on any atom is -0.465 e. The van der Waals surface area contributed by atoms with E-state index in [4.69, 9.17) is 23.3 Å². The van der Waals surface area contributed by atoms with Crippen molar-refractivity contribution in [3.63, 3.8) is 0 Å². The van der Waals surface area contributed by atoms with Crippen molar-refractivity contribution in [2.24, 2.45) is 0 Å². The zero-order valence-electron chi connectivity index (χ0n) is 24.8. The maximum Gasteiger partial charge on any atom is 0.344 e. The highest BCUT2D eigenvalue weighted by atomic mass is 79.9. The summed E-state index contributed by atoms with van der Waals surface area (Å²) in [5, 5.41) is 9.32. The van der Waals surface area contributed by atoms with Crippen LogP contribution in [0.2, 0.25) is 0 Å². The molecular formula is C26H38BrN7O7P2. The van der Waals surface area contributed by atoms with Crippen molar-refractivity contribution < 1.29 is 32.2 Å². The molecule has 236 valence electrons. The summed E-state index contributed by atoms with van der Waals surface area (Å²) in [6.45, 7) is 9.54. The van der Waals surface area contributed by atoms with Crippen molar-refractivity contribution in [2.75, 3.05) is 45.9 Å². The van der Waals surface area contributed by atoms with Crippen molar-refractivity contribution in [2.45, 2.75) is 47.2 Å². The van der Waals surface area contributed by atoms with Crippen LogP contribution < -0.4 is 0 Å². The van der Waals surface area contributed by atoms with Crippen LogP contribution in [0.4, 0.5) is 0 Å². The lowest BCUT2D eigenvalue weighted by molar-refractivity contribution is -0.144. The normalized spacial score (nSPS) is 12.1. The minimum absolute atomic E-state index is 0.0976. The Bertz CT molecular complexity index is 1360. The molecule has 0 aliphatic carbocycles. The second kappa shape index (κ2) is 17.8. The van der Waals surface area contributed by atoms with Crippen LogP contribution in [-0.4, -0.2) is 86.2 Å². The second-order valence-electron chi connectivity index (χ2n) is 9.27. The van der Waals surface area contributed by atoms with E-state index < -0.39 is 13.6 Å². The van der Waals surface area contributed by atoms with Gasteiger partial charge in [-0.05, 0) is 51.5 Å². The highest BCUT2D eigenvalue weighted by molar-refractivity contribution is 9.10.